The highest BCUT2D eigenvalue weighted by molar-refractivity contribution is 5.14. The Hall–Kier alpha value is -1.62. The van der Waals surface area contributed by atoms with Crippen molar-refractivity contribution in [2.45, 2.75) is 25.9 Å². The maximum absolute atomic E-state index is 6.15. The number of hydrogen-bond acceptors (Lipinski definition) is 3. The molecular formula is C11H17N5. The van der Waals surface area contributed by atoms with Gasteiger partial charge in [0.05, 0.1) is 12.0 Å². The smallest absolute Gasteiger partial charge is 0.131 e. The van der Waals surface area contributed by atoms with Crippen molar-refractivity contribution in [3.05, 3.63) is 36.4 Å². The van der Waals surface area contributed by atoms with Crippen LogP contribution in [-0.2, 0) is 13.6 Å². The van der Waals surface area contributed by atoms with E-state index in [0.717, 1.165) is 24.5 Å². The van der Waals surface area contributed by atoms with Crippen LogP contribution in [0.2, 0.25) is 0 Å². The quantitative estimate of drug-likeness (QED) is 0.836. The van der Waals surface area contributed by atoms with Gasteiger partial charge in [-0.25, -0.2) is 9.97 Å². The van der Waals surface area contributed by atoms with Crippen molar-refractivity contribution in [3.8, 4) is 0 Å². The molecule has 0 fully saturated rings. The van der Waals surface area contributed by atoms with Crippen LogP contribution in [0.1, 0.15) is 30.9 Å². The third-order valence-corrected chi connectivity index (χ3v) is 2.53. The molecule has 2 heterocycles. The van der Waals surface area contributed by atoms with Gasteiger partial charge >= 0.3 is 0 Å². The first-order valence-corrected chi connectivity index (χ1v) is 5.47. The molecule has 16 heavy (non-hydrogen) atoms. The van der Waals surface area contributed by atoms with Gasteiger partial charge in [-0.1, -0.05) is 6.92 Å². The van der Waals surface area contributed by atoms with Gasteiger partial charge in [0.2, 0.25) is 0 Å². The molecular weight excluding hydrogens is 202 g/mol. The summed E-state index contributed by atoms with van der Waals surface area (Å²) < 4.78 is 3.97. The van der Waals surface area contributed by atoms with Gasteiger partial charge in [0.15, 0.2) is 0 Å². The van der Waals surface area contributed by atoms with Crippen molar-refractivity contribution in [2.24, 2.45) is 12.8 Å². The fourth-order valence-corrected chi connectivity index (χ4v) is 1.76. The minimum atomic E-state index is -0.247. The zero-order valence-electron chi connectivity index (χ0n) is 9.67. The van der Waals surface area contributed by atoms with Gasteiger partial charge in [0, 0.05) is 32.2 Å². The Bertz CT molecular complexity index is 456. The lowest BCUT2D eigenvalue weighted by Gasteiger charge is -2.11. The molecule has 0 aliphatic heterocycles. The van der Waals surface area contributed by atoms with Crippen LogP contribution in [0.5, 0.6) is 0 Å². The first-order chi connectivity index (χ1) is 7.72. The van der Waals surface area contributed by atoms with E-state index in [1.54, 1.807) is 12.5 Å². The molecule has 0 spiro atoms. The molecule has 2 rings (SSSR count). The van der Waals surface area contributed by atoms with Crippen LogP contribution in [0.4, 0.5) is 0 Å². The van der Waals surface area contributed by atoms with Crippen LogP contribution in [0.3, 0.4) is 0 Å². The third-order valence-electron chi connectivity index (χ3n) is 2.53. The van der Waals surface area contributed by atoms with Crippen molar-refractivity contribution in [1.29, 1.82) is 0 Å². The first-order valence-electron chi connectivity index (χ1n) is 5.47. The van der Waals surface area contributed by atoms with E-state index in [-0.39, 0.29) is 6.04 Å². The summed E-state index contributed by atoms with van der Waals surface area (Å²) in [6.45, 7) is 3.08. The number of nitrogens with zero attached hydrogens (tertiary/aromatic N) is 4. The summed E-state index contributed by atoms with van der Waals surface area (Å²) in [4.78, 5) is 8.57. The first kappa shape index (κ1) is 10.9. The van der Waals surface area contributed by atoms with Gasteiger partial charge in [-0.15, -0.1) is 0 Å². The van der Waals surface area contributed by atoms with E-state index in [0.29, 0.717) is 0 Å². The lowest BCUT2D eigenvalue weighted by atomic mass is 10.2. The zero-order chi connectivity index (χ0) is 11.5. The van der Waals surface area contributed by atoms with Gasteiger partial charge in [-0.2, -0.15) is 0 Å². The van der Waals surface area contributed by atoms with Crippen molar-refractivity contribution in [2.75, 3.05) is 0 Å². The average Bonchev–Trinajstić information content (AvgIpc) is 2.87. The predicted octanol–water partition coefficient (Wildman–Crippen LogP) is 1.07. The van der Waals surface area contributed by atoms with E-state index in [1.165, 1.54) is 0 Å². The second-order valence-corrected chi connectivity index (χ2v) is 3.92. The summed E-state index contributed by atoms with van der Waals surface area (Å²) in [5.41, 5.74) is 7.00. The minimum absolute atomic E-state index is 0.247. The highest BCUT2D eigenvalue weighted by Gasteiger charge is 2.16. The summed E-state index contributed by atoms with van der Waals surface area (Å²) >= 11 is 0. The standard InChI is InChI=1S/C11H17N5/c1-3-5-16-6-4-13-11(16)10(12)9-7-15(2)8-14-9/h4,6-8,10H,3,5,12H2,1-2H3. The van der Waals surface area contributed by atoms with E-state index in [4.69, 9.17) is 5.73 Å². The predicted molar refractivity (Wildman–Crippen MR) is 61.8 cm³/mol. The molecule has 2 aromatic rings. The van der Waals surface area contributed by atoms with Gasteiger partial charge < -0.3 is 14.9 Å². The molecule has 5 nitrogen and oxygen atoms in total. The average molecular weight is 219 g/mol. The molecule has 0 aliphatic carbocycles. The highest BCUT2D eigenvalue weighted by Crippen LogP contribution is 2.16. The Morgan fingerprint density at radius 2 is 2.25 bits per heavy atom. The van der Waals surface area contributed by atoms with Crippen molar-refractivity contribution in [1.82, 2.24) is 19.1 Å². The lowest BCUT2D eigenvalue weighted by Crippen LogP contribution is -2.18. The molecule has 86 valence electrons. The van der Waals surface area contributed by atoms with Crippen LogP contribution in [-0.4, -0.2) is 19.1 Å². The molecule has 0 saturated heterocycles. The second-order valence-electron chi connectivity index (χ2n) is 3.92. The highest BCUT2D eigenvalue weighted by atomic mass is 15.1. The van der Waals surface area contributed by atoms with Crippen LogP contribution in [0.15, 0.2) is 24.9 Å². The third kappa shape index (κ3) is 1.99. The number of aryl methyl sites for hydroxylation is 2. The van der Waals surface area contributed by atoms with E-state index >= 15 is 0 Å². The zero-order valence-corrected chi connectivity index (χ0v) is 9.67. The van der Waals surface area contributed by atoms with Gasteiger partial charge in [0.25, 0.3) is 0 Å². The molecule has 0 saturated carbocycles. The molecule has 5 heteroatoms. The SMILES string of the molecule is CCCn1ccnc1C(N)c1cn(C)cn1. The fraction of sp³-hybridized carbons (Fsp3) is 0.455. The Morgan fingerprint density at radius 1 is 1.44 bits per heavy atom. The van der Waals surface area contributed by atoms with Crippen molar-refractivity contribution < 1.29 is 0 Å². The van der Waals surface area contributed by atoms with Crippen molar-refractivity contribution in [3.63, 3.8) is 0 Å². The van der Waals surface area contributed by atoms with E-state index in [2.05, 4.69) is 21.5 Å². The van der Waals surface area contributed by atoms with E-state index in [9.17, 15) is 0 Å². The summed E-state index contributed by atoms with van der Waals surface area (Å²) in [5.74, 6) is 0.876. The number of hydrogen-bond donors (Lipinski definition) is 1. The van der Waals surface area contributed by atoms with Crippen LogP contribution >= 0.6 is 0 Å². The maximum atomic E-state index is 6.15. The number of rotatable bonds is 4. The minimum Gasteiger partial charge on any atom is -0.340 e. The second kappa shape index (κ2) is 4.49. The number of nitrogens with two attached hydrogens (primary N) is 1. The Kier molecular flexibility index (Phi) is 3.05. The van der Waals surface area contributed by atoms with Crippen LogP contribution in [0, 0.1) is 0 Å². The summed E-state index contributed by atoms with van der Waals surface area (Å²) in [6.07, 6.45) is 8.49. The summed E-state index contributed by atoms with van der Waals surface area (Å²) in [5, 5.41) is 0. The van der Waals surface area contributed by atoms with Crippen molar-refractivity contribution >= 4 is 0 Å². The monoisotopic (exact) mass is 219 g/mol. The molecule has 0 amide bonds. The fourth-order valence-electron chi connectivity index (χ4n) is 1.76. The maximum Gasteiger partial charge on any atom is 0.131 e. The Morgan fingerprint density at radius 3 is 2.88 bits per heavy atom. The van der Waals surface area contributed by atoms with Gasteiger partial charge in [-0.05, 0) is 6.42 Å². The molecule has 2 aromatic heterocycles. The number of aromatic nitrogens is 4. The molecule has 0 radical (unpaired) electrons. The normalized spacial score (nSPS) is 12.9. The lowest BCUT2D eigenvalue weighted by molar-refractivity contribution is 0.608. The summed E-state index contributed by atoms with van der Waals surface area (Å²) in [7, 11) is 1.93. The van der Waals surface area contributed by atoms with Crippen LogP contribution < -0.4 is 5.73 Å². The molecule has 2 N–H and O–H groups in total. The summed E-state index contributed by atoms with van der Waals surface area (Å²) in [6, 6.07) is -0.247. The Balaban J connectivity index is 2.26. The molecule has 1 unspecified atom stereocenters. The van der Waals surface area contributed by atoms with Gasteiger partial charge in [0.1, 0.15) is 11.9 Å². The largest absolute Gasteiger partial charge is 0.340 e. The van der Waals surface area contributed by atoms with Crippen LogP contribution in [0.25, 0.3) is 0 Å². The van der Waals surface area contributed by atoms with E-state index < -0.39 is 0 Å². The topological polar surface area (TPSA) is 61.7 Å². The Labute approximate surface area is 94.9 Å². The van der Waals surface area contributed by atoms with E-state index in [1.807, 2.05) is 24.0 Å². The molecule has 1 atom stereocenters. The molecule has 0 aliphatic rings. The molecule has 0 bridgehead atoms. The molecule has 0 aromatic carbocycles. The van der Waals surface area contributed by atoms with Gasteiger partial charge in [-0.3, -0.25) is 0 Å². The number of imidazole rings is 2.